The molecule has 0 radical (unpaired) electrons. The standard InChI is InChI=1S/C23H26N6O4S/c1-14-8-7-9-15(2)21(14)27-34(31,32)20(23(24-4)33-6)12-16(3)25-22(30)17-10-11-19-18(13-17)26-28-29(19)5/h7-13,27H,4H2,1-3,5-6H3,(H,25,30)/b16-12+,23-20-. The van der Waals surface area contributed by atoms with E-state index in [0.29, 0.717) is 16.8 Å². The van der Waals surface area contributed by atoms with Crippen LogP contribution >= 0.6 is 0 Å². The first kappa shape index (κ1) is 24.6. The molecule has 0 aliphatic carbocycles. The van der Waals surface area contributed by atoms with Gasteiger partial charge in [-0.25, -0.2) is 18.1 Å². The molecule has 11 heteroatoms. The van der Waals surface area contributed by atoms with Gasteiger partial charge in [-0.3, -0.25) is 9.52 Å². The Hall–Kier alpha value is -3.99. The summed E-state index contributed by atoms with van der Waals surface area (Å²) in [5.74, 6) is -0.653. The number of fused-ring (bicyclic) bond motifs is 1. The average Bonchev–Trinajstić information content (AvgIpc) is 3.16. The van der Waals surface area contributed by atoms with E-state index in [4.69, 9.17) is 4.74 Å². The van der Waals surface area contributed by atoms with Gasteiger partial charge in [0.1, 0.15) is 5.52 Å². The predicted molar refractivity (Wildman–Crippen MR) is 132 cm³/mol. The zero-order valence-corrected chi connectivity index (χ0v) is 20.4. The molecule has 0 saturated heterocycles. The minimum Gasteiger partial charge on any atom is -0.480 e. The number of carbonyl (C=O) groups is 1. The summed E-state index contributed by atoms with van der Waals surface area (Å²) in [7, 11) is -1.10. The summed E-state index contributed by atoms with van der Waals surface area (Å²) in [6, 6.07) is 10.4. The number of aryl methyl sites for hydroxylation is 3. The van der Waals surface area contributed by atoms with Gasteiger partial charge in [0, 0.05) is 18.3 Å². The fourth-order valence-corrected chi connectivity index (χ4v) is 4.74. The minimum absolute atomic E-state index is 0.215. The summed E-state index contributed by atoms with van der Waals surface area (Å²) in [4.78, 5) is 16.2. The first-order chi connectivity index (χ1) is 16.1. The van der Waals surface area contributed by atoms with Crippen LogP contribution < -0.4 is 10.0 Å². The van der Waals surface area contributed by atoms with Crippen molar-refractivity contribution in [2.45, 2.75) is 20.8 Å². The molecule has 0 aliphatic heterocycles. The number of amides is 1. The summed E-state index contributed by atoms with van der Waals surface area (Å²) in [5.41, 5.74) is 3.89. The summed E-state index contributed by atoms with van der Waals surface area (Å²) in [6.07, 6.45) is 1.27. The zero-order chi connectivity index (χ0) is 25.0. The molecule has 10 nitrogen and oxygen atoms in total. The lowest BCUT2D eigenvalue weighted by Crippen LogP contribution is -2.23. The van der Waals surface area contributed by atoms with Crippen molar-refractivity contribution in [3.05, 3.63) is 75.6 Å². The van der Waals surface area contributed by atoms with Crippen LogP contribution in [0.3, 0.4) is 0 Å². The van der Waals surface area contributed by atoms with Crippen LogP contribution in [0.1, 0.15) is 28.4 Å². The van der Waals surface area contributed by atoms with Gasteiger partial charge in [-0.15, -0.1) is 5.10 Å². The van der Waals surface area contributed by atoms with Crippen molar-refractivity contribution in [1.82, 2.24) is 20.3 Å². The lowest BCUT2D eigenvalue weighted by Gasteiger charge is -2.15. The molecule has 0 saturated carbocycles. The van der Waals surface area contributed by atoms with E-state index >= 15 is 0 Å². The van der Waals surface area contributed by atoms with Gasteiger partial charge >= 0.3 is 0 Å². The van der Waals surface area contributed by atoms with Crippen molar-refractivity contribution < 1.29 is 17.9 Å². The molecule has 1 heterocycles. The van der Waals surface area contributed by atoms with Crippen LogP contribution in [0.25, 0.3) is 11.0 Å². The lowest BCUT2D eigenvalue weighted by atomic mass is 10.1. The van der Waals surface area contributed by atoms with Crippen LogP contribution in [0.5, 0.6) is 0 Å². The highest BCUT2D eigenvalue weighted by molar-refractivity contribution is 7.96. The molecule has 0 unspecified atom stereocenters. The van der Waals surface area contributed by atoms with E-state index in [0.717, 1.165) is 16.6 Å². The topological polar surface area (TPSA) is 128 Å². The highest BCUT2D eigenvalue weighted by Gasteiger charge is 2.24. The zero-order valence-electron chi connectivity index (χ0n) is 19.6. The fraction of sp³-hybridized carbons (Fsp3) is 0.217. The van der Waals surface area contributed by atoms with Gasteiger partial charge in [0.25, 0.3) is 15.9 Å². The normalized spacial score (nSPS) is 12.8. The molecule has 2 N–H and O–H groups in total. The van der Waals surface area contributed by atoms with Crippen LogP contribution in [-0.4, -0.2) is 43.1 Å². The number of nitrogens with zero attached hydrogens (tertiary/aromatic N) is 4. The molecule has 0 aliphatic rings. The molecule has 0 bridgehead atoms. The Morgan fingerprint density at radius 3 is 2.50 bits per heavy atom. The number of para-hydroxylation sites is 1. The van der Waals surface area contributed by atoms with E-state index in [9.17, 15) is 13.2 Å². The molecule has 34 heavy (non-hydrogen) atoms. The third-order valence-electron chi connectivity index (χ3n) is 5.09. The van der Waals surface area contributed by atoms with E-state index in [1.54, 1.807) is 62.8 Å². The average molecular weight is 483 g/mol. The van der Waals surface area contributed by atoms with Crippen LogP contribution in [0.15, 0.2) is 64.0 Å². The Kier molecular flexibility index (Phi) is 7.16. The van der Waals surface area contributed by atoms with Crippen molar-refractivity contribution in [3.63, 3.8) is 0 Å². The molecule has 0 fully saturated rings. The van der Waals surface area contributed by atoms with Crippen LogP contribution in [0, 0.1) is 13.8 Å². The number of nitrogens with one attached hydrogen (secondary N) is 2. The number of carbonyl (C=O) groups excluding carboxylic acids is 1. The Bertz CT molecular complexity index is 1420. The summed E-state index contributed by atoms with van der Waals surface area (Å²) in [6.45, 7) is 8.55. The van der Waals surface area contributed by atoms with Crippen molar-refractivity contribution in [2.75, 3.05) is 11.8 Å². The Morgan fingerprint density at radius 2 is 1.88 bits per heavy atom. The molecule has 178 valence electrons. The summed E-state index contributed by atoms with van der Waals surface area (Å²) < 4.78 is 35.9. The second kappa shape index (κ2) is 9.87. The van der Waals surface area contributed by atoms with E-state index in [1.807, 2.05) is 6.07 Å². The van der Waals surface area contributed by atoms with Crippen molar-refractivity contribution in [3.8, 4) is 0 Å². The maximum atomic E-state index is 13.3. The number of allylic oxidation sites excluding steroid dienone is 2. The number of sulfonamides is 1. The van der Waals surface area contributed by atoms with Crippen molar-refractivity contribution >= 4 is 39.4 Å². The van der Waals surface area contributed by atoms with Crippen molar-refractivity contribution in [1.29, 1.82) is 0 Å². The molecule has 0 spiro atoms. The maximum absolute atomic E-state index is 13.3. The second-order valence-electron chi connectivity index (χ2n) is 7.60. The van der Waals surface area contributed by atoms with Crippen LogP contribution in [-0.2, 0) is 21.8 Å². The van der Waals surface area contributed by atoms with E-state index in [1.165, 1.54) is 13.2 Å². The number of hydrogen-bond donors (Lipinski definition) is 2. The lowest BCUT2D eigenvalue weighted by molar-refractivity contribution is 0.0966. The minimum atomic E-state index is -4.14. The summed E-state index contributed by atoms with van der Waals surface area (Å²) >= 11 is 0. The van der Waals surface area contributed by atoms with Gasteiger partial charge in [-0.2, -0.15) is 0 Å². The van der Waals surface area contributed by atoms with Crippen molar-refractivity contribution in [2.24, 2.45) is 12.0 Å². The molecule has 3 rings (SSSR count). The predicted octanol–water partition coefficient (Wildman–Crippen LogP) is 3.18. The number of anilines is 1. The number of benzene rings is 2. The molecule has 1 amide bonds. The molecule has 1 aromatic heterocycles. The summed E-state index contributed by atoms with van der Waals surface area (Å²) in [5, 5.41) is 10.6. The highest BCUT2D eigenvalue weighted by Crippen LogP contribution is 2.25. The largest absolute Gasteiger partial charge is 0.480 e. The van der Waals surface area contributed by atoms with Gasteiger partial charge in [0.15, 0.2) is 4.91 Å². The SMILES string of the molecule is C=N/C(OC)=C(\C=C(/C)NC(=O)c1ccc2c(c1)nnn2C)S(=O)(=O)Nc1c(C)cccc1C. The van der Waals surface area contributed by atoms with Gasteiger partial charge in [0.05, 0.1) is 18.3 Å². The Balaban J connectivity index is 1.94. The first-order valence-corrected chi connectivity index (χ1v) is 11.7. The van der Waals surface area contributed by atoms with Gasteiger partial charge in [-0.1, -0.05) is 23.4 Å². The van der Waals surface area contributed by atoms with Gasteiger partial charge in [0.2, 0.25) is 5.88 Å². The number of hydrogen-bond acceptors (Lipinski definition) is 7. The van der Waals surface area contributed by atoms with Gasteiger partial charge in [-0.05, 0) is 62.9 Å². The van der Waals surface area contributed by atoms with Crippen LogP contribution in [0.4, 0.5) is 5.69 Å². The number of rotatable bonds is 8. The third kappa shape index (κ3) is 5.15. The number of aliphatic imine (C=N–C) groups is 1. The monoisotopic (exact) mass is 482 g/mol. The van der Waals surface area contributed by atoms with E-state index in [-0.39, 0.29) is 16.5 Å². The quantitative estimate of drug-likeness (QED) is 0.288. The molecular formula is C23H26N6O4S. The van der Waals surface area contributed by atoms with E-state index in [2.05, 4.69) is 32.1 Å². The fourth-order valence-electron chi connectivity index (χ4n) is 3.33. The number of aromatic nitrogens is 3. The van der Waals surface area contributed by atoms with E-state index < -0.39 is 15.9 Å². The molecular weight excluding hydrogens is 456 g/mol. The first-order valence-electron chi connectivity index (χ1n) is 10.2. The smallest absolute Gasteiger partial charge is 0.267 e. The maximum Gasteiger partial charge on any atom is 0.267 e. The van der Waals surface area contributed by atoms with Crippen LogP contribution in [0.2, 0.25) is 0 Å². The highest BCUT2D eigenvalue weighted by atomic mass is 32.2. The molecule has 3 aromatic rings. The van der Waals surface area contributed by atoms with Gasteiger partial charge < -0.3 is 10.1 Å². The molecule has 0 atom stereocenters. The Labute approximate surface area is 198 Å². The number of ether oxygens (including phenoxy) is 1. The molecule has 2 aromatic carbocycles. The number of methoxy groups -OCH3 is 1. The third-order valence-corrected chi connectivity index (χ3v) is 6.43. The second-order valence-corrected chi connectivity index (χ2v) is 9.25. The Morgan fingerprint density at radius 1 is 1.21 bits per heavy atom.